The van der Waals surface area contributed by atoms with E-state index in [1.54, 1.807) is 0 Å². The molecule has 0 saturated heterocycles. The van der Waals surface area contributed by atoms with Crippen molar-refractivity contribution in [3.05, 3.63) is 47.0 Å². The summed E-state index contributed by atoms with van der Waals surface area (Å²) in [7, 11) is 0. The van der Waals surface area contributed by atoms with Crippen molar-refractivity contribution < 1.29 is 4.79 Å². The molecule has 1 aliphatic carbocycles. The molecule has 0 saturated carbocycles. The molecule has 1 aromatic heterocycles. The summed E-state index contributed by atoms with van der Waals surface area (Å²) >= 11 is 1.42. The molecule has 0 fully saturated rings. The minimum absolute atomic E-state index is 0.00880. The number of carbonyl (C=O) groups excluding carboxylic acids is 1. The number of carbonyl (C=O) groups is 1. The second-order valence-electron chi connectivity index (χ2n) is 4.76. The molecule has 0 atom stereocenters. The number of nitrogens with zero attached hydrogens (tertiary/aromatic N) is 1. The monoisotopic (exact) mass is 266 g/mol. The fourth-order valence-corrected chi connectivity index (χ4v) is 3.59. The molecule has 0 radical (unpaired) electrons. The minimum Gasteiger partial charge on any atom is -0.398 e. The molecule has 0 aliphatic heterocycles. The number of fused-ring (bicyclic) bond motifs is 2. The van der Waals surface area contributed by atoms with Crippen molar-refractivity contribution in [3.63, 3.8) is 0 Å². The van der Waals surface area contributed by atoms with Gasteiger partial charge in [-0.25, -0.2) is 0 Å². The van der Waals surface area contributed by atoms with Crippen LogP contribution >= 0.6 is 11.5 Å². The quantitative estimate of drug-likeness (QED) is 0.496. The summed E-state index contributed by atoms with van der Waals surface area (Å²) in [5.74, 6) is 0.00880. The largest absolute Gasteiger partial charge is 0.398 e. The van der Waals surface area contributed by atoms with E-state index in [0.717, 1.165) is 26.9 Å². The maximum absolute atomic E-state index is 12.7. The Hall–Kier alpha value is -2.20. The van der Waals surface area contributed by atoms with Gasteiger partial charge in [-0.1, -0.05) is 24.3 Å². The molecule has 19 heavy (non-hydrogen) atoms. The second-order valence-corrected chi connectivity index (χ2v) is 5.57. The van der Waals surface area contributed by atoms with Gasteiger partial charge in [-0.15, -0.1) is 0 Å². The van der Waals surface area contributed by atoms with Crippen molar-refractivity contribution >= 4 is 33.1 Å². The van der Waals surface area contributed by atoms with Crippen LogP contribution in [0.1, 0.15) is 21.5 Å². The third-order valence-corrected chi connectivity index (χ3v) is 4.46. The molecule has 92 valence electrons. The molecule has 3 aromatic rings. The number of anilines is 1. The zero-order valence-electron chi connectivity index (χ0n) is 10.2. The van der Waals surface area contributed by atoms with Crippen LogP contribution in [0.15, 0.2) is 30.3 Å². The summed E-state index contributed by atoms with van der Waals surface area (Å²) in [6.45, 7) is 1.93. The maximum atomic E-state index is 12.7. The van der Waals surface area contributed by atoms with Crippen molar-refractivity contribution in [2.24, 2.45) is 0 Å². The van der Waals surface area contributed by atoms with Crippen LogP contribution in [0, 0.1) is 6.92 Å². The first kappa shape index (κ1) is 10.7. The van der Waals surface area contributed by atoms with Gasteiger partial charge in [-0.05, 0) is 30.1 Å². The number of hydrogen-bond donors (Lipinski definition) is 1. The lowest BCUT2D eigenvalue weighted by molar-refractivity contribution is 0.104. The normalized spacial score (nSPS) is 12.8. The van der Waals surface area contributed by atoms with Crippen LogP contribution in [-0.4, -0.2) is 10.2 Å². The number of aryl methyl sites for hydroxylation is 1. The van der Waals surface area contributed by atoms with E-state index in [9.17, 15) is 4.79 Å². The SMILES string of the molecule is Cc1cc2snc3c2c(c1N)C(=O)c1ccccc1-3. The lowest BCUT2D eigenvalue weighted by Gasteiger charge is -2.17. The van der Waals surface area contributed by atoms with Gasteiger partial charge in [0, 0.05) is 22.2 Å². The Morgan fingerprint density at radius 3 is 2.74 bits per heavy atom. The average molecular weight is 266 g/mol. The molecule has 1 aliphatic rings. The highest BCUT2D eigenvalue weighted by molar-refractivity contribution is 7.13. The summed E-state index contributed by atoms with van der Waals surface area (Å²) < 4.78 is 5.55. The molecule has 2 aromatic carbocycles. The lowest BCUT2D eigenvalue weighted by atomic mass is 9.86. The summed E-state index contributed by atoms with van der Waals surface area (Å²) in [4.78, 5) is 12.7. The van der Waals surface area contributed by atoms with E-state index in [-0.39, 0.29) is 5.78 Å². The highest BCUT2D eigenvalue weighted by Gasteiger charge is 2.29. The first-order valence-corrected chi connectivity index (χ1v) is 6.78. The molecular weight excluding hydrogens is 256 g/mol. The van der Waals surface area contributed by atoms with Crippen LogP contribution in [-0.2, 0) is 0 Å². The fraction of sp³-hybridized carbons (Fsp3) is 0.0667. The van der Waals surface area contributed by atoms with Crippen LogP contribution in [0.25, 0.3) is 21.3 Å². The van der Waals surface area contributed by atoms with E-state index < -0.39 is 0 Å². The molecule has 0 unspecified atom stereocenters. The first-order valence-electron chi connectivity index (χ1n) is 6.01. The van der Waals surface area contributed by atoms with Crippen LogP contribution < -0.4 is 5.73 Å². The Morgan fingerprint density at radius 1 is 1.21 bits per heavy atom. The first-order chi connectivity index (χ1) is 9.18. The maximum Gasteiger partial charge on any atom is 0.196 e. The average Bonchev–Trinajstić information content (AvgIpc) is 2.83. The van der Waals surface area contributed by atoms with Crippen molar-refractivity contribution in [1.82, 2.24) is 4.37 Å². The summed E-state index contributed by atoms with van der Waals surface area (Å²) in [6, 6.07) is 9.60. The van der Waals surface area contributed by atoms with Crippen molar-refractivity contribution in [3.8, 4) is 11.3 Å². The standard InChI is InChI=1S/C15H10N2OS/c1-7-6-10-11-12(13(7)16)15(18)9-5-3-2-4-8(9)14(11)17-19-10/h2-6H,16H2,1H3. The number of nitrogen functional groups attached to an aromatic ring is 1. The number of rotatable bonds is 0. The second kappa shape index (κ2) is 3.42. The van der Waals surface area contributed by atoms with Crippen molar-refractivity contribution in [1.29, 1.82) is 0 Å². The van der Waals surface area contributed by atoms with E-state index in [4.69, 9.17) is 5.73 Å². The van der Waals surface area contributed by atoms with Gasteiger partial charge in [0.2, 0.25) is 0 Å². The van der Waals surface area contributed by atoms with Gasteiger partial charge in [0.05, 0.1) is 16.0 Å². The van der Waals surface area contributed by atoms with Gasteiger partial charge in [-0.3, -0.25) is 4.79 Å². The number of ketones is 1. The Kier molecular flexibility index (Phi) is 1.93. The Balaban J connectivity index is 2.28. The summed E-state index contributed by atoms with van der Waals surface area (Å²) in [5, 5.41) is 0.914. The third-order valence-electron chi connectivity index (χ3n) is 3.66. The molecule has 1 heterocycles. The highest BCUT2D eigenvalue weighted by atomic mass is 32.1. The lowest BCUT2D eigenvalue weighted by Crippen LogP contribution is -2.12. The Morgan fingerprint density at radius 2 is 1.95 bits per heavy atom. The van der Waals surface area contributed by atoms with Crippen LogP contribution in [0.4, 0.5) is 5.69 Å². The minimum atomic E-state index is 0.00880. The van der Waals surface area contributed by atoms with Crippen LogP contribution in [0.2, 0.25) is 0 Å². The molecule has 4 rings (SSSR count). The number of nitrogens with two attached hydrogens (primary N) is 1. The van der Waals surface area contributed by atoms with Crippen molar-refractivity contribution in [2.75, 3.05) is 5.73 Å². The smallest absolute Gasteiger partial charge is 0.196 e. The van der Waals surface area contributed by atoms with E-state index in [1.807, 2.05) is 37.3 Å². The van der Waals surface area contributed by atoms with Gasteiger partial charge in [0.1, 0.15) is 0 Å². The fourth-order valence-electron chi connectivity index (χ4n) is 2.69. The Labute approximate surface area is 113 Å². The number of benzene rings is 2. The van der Waals surface area contributed by atoms with E-state index >= 15 is 0 Å². The van der Waals surface area contributed by atoms with Gasteiger partial charge >= 0.3 is 0 Å². The summed E-state index contributed by atoms with van der Waals surface area (Å²) in [6.07, 6.45) is 0. The van der Waals surface area contributed by atoms with Crippen LogP contribution in [0.5, 0.6) is 0 Å². The molecule has 3 nitrogen and oxygen atoms in total. The molecular formula is C15H10N2OS. The molecule has 0 spiro atoms. The van der Waals surface area contributed by atoms with Gasteiger partial charge in [0.25, 0.3) is 0 Å². The van der Waals surface area contributed by atoms with Crippen LogP contribution in [0.3, 0.4) is 0 Å². The van der Waals surface area contributed by atoms with E-state index in [2.05, 4.69) is 4.37 Å². The zero-order valence-corrected chi connectivity index (χ0v) is 11.0. The number of hydrogen-bond acceptors (Lipinski definition) is 4. The molecule has 0 bridgehead atoms. The van der Waals surface area contributed by atoms with E-state index in [0.29, 0.717) is 16.8 Å². The number of aromatic nitrogens is 1. The van der Waals surface area contributed by atoms with Gasteiger partial charge < -0.3 is 5.73 Å². The van der Waals surface area contributed by atoms with Gasteiger partial charge in [-0.2, -0.15) is 4.37 Å². The van der Waals surface area contributed by atoms with Crippen molar-refractivity contribution in [2.45, 2.75) is 6.92 Å². The third kappa shape index (κ3) is 1.21. The molecule has 0 amide bonds. The Bertz CT molecular complexity index is 864. The predicted molar refractivity (Wildman–Crippen MR) is 77.6 cm³/mol. The highest BCUT2D eigenvalue weighted by Crippen LogP contribution is 2.43. The summed E-state index contributed by atoms with van der Waals surface area (Å²) in [5.41, 5.74) is 10.8. The predicted octanol–water partition coefficient (Wildman–Crippen LogP) is 3.40. The van der Waals surface area contributed by atoms with E-state index in [1.165, 1.54) is 11.5 Å². The van der Waals surface area contributed by atoms with Gasteiger partial charge in [0.15, 0.2) is 5.78 Å². The molecule has 4 heteroatoms. The molecule has 2 N–H and O–H groups in total. The zero-order chi connectivity index (χ0) is 13.1. The topological polar surface area (TPSA) is 56.0 Å².